The largest absolute Gasteiger partial charge is 0.573 e. The fraction of sp³-hybridized carbons (Fsp3) is 0.267. The van der Waals surface area contributed by atoms with Gasteiger partial charge in [-0.3, -0.25) is 9.56 Å². The van der Waals surface area contributed by atoms with Crippen LogP contribution in [0.2, 0.25) is 0 Å². The summed E-state index contributed by atoms with van der Waals surface area (Å²) in [6.45, 7) is 5.11. The molecule has 1 heterocycles. The number of aromatic nitrogens is 3. The lowest BCUT2D eigenvalue weighted by atomic mass is 10.1. The third-order valence-corrected chi connectivity index (χ3v) is 3.08. The molecule has 0 radical (unpaired) electrons. The van der Waals surface area contributed by atoms with E-state index in [0.29, 0.717) is 29.3 Å². The summed E-state index contributed by atoms with van der Waals surface area (Å²) in [5.74, 6) is 0.793. The van der Waals surface area contributed by atoms with Gasteiger partial charge in [0.1, 0.15) is 17.4 Å². The van der Waals surface area contributed by atoms with E-state index in [1.54, 1.807) is 17.7 Å². The summed E-state index contributed by atoms with van der Waals surface area (Å²) in [5.41, 5.74) is 0.957. The molecule has 0 aliphatic rings. The molecule has 0 aliphatic carbocycles. The zero-order chi connectivity index (χ0) is 17.7. The van der Waals surface area contributed by atoms with Crippen molar-refractivity contribution in [3.05, 3.63) is 41.5 Å². The molecule has 0 unspecified atom stereocenters. The van der Waals surface area contributed by atoms with Crippen molar-refractivity contribution >= 4 is 18.6 Å². The molecular formula is C15H15F3N4O2. The Morgan fingerprint density at radius 1 is 1.33 bits per heavy atom. The maximum Gasteiger partial charge on any atom is 0.573 e. The predicted octanol–water partition coefficient (Wildman–Crippen LogP) is 2.68. The Labute approximate surface area is 135 Å². The minimum absolute atomic E-state index is 0.0910. The standard InChI is InChI=1S/C15H15F3N4O2/c1-10-20-21-14(7-8-23)22(10)9-13(19-2)11-3-5-12(6-4-11)24-15(16,17)18/h3-6,9,23H,2,7-8H2,1H3/b13-9-. The number of hydrogen-bond acceptors (Lipinski definition) is 5. The third-order valence-electron chi connectivity index (χ3n) is 3.08. The van der Waals surface area contributed by atoms with Crippen LogP contribution in [-0.4, -0.2) is 39.6 Å². The Kier molecular flexibility index (Phi) is 5.35. The number of aliphatic hydroxyl groups excluding tert-OH is 1. The van der Waals surface area contributed by atoms with Crippen LogP contribution >= 0.6 is 0 Å². The second-order valence-corrected chi connectivity index (χ2v) is 4.75. The molecule has 0 saturated carbocycles. The van der Waals surface area contributed by atoms with E-state index in [9.17, 15) is 13.2 Å². The minimum atomic E-state index is -4.74. The monoisotopic (exact) mass is 340 g/mol. The minimum Gasteiger partial charge on any atom is -0.406 e. The van der Waals surface area contributed by atoms with Gasteiger partial charge in [0.15, 0.2) is 0 Å². The molecule has 2 rings (SSSR count). The molecule has 128 valence electrons. The van der Waals surface area contributed by atoms with Crippen LogP contribution in [0.5, 0.6) is 5.75 Å². The molecule has 1 aromatic carbocycles. The molecule has 0 bridgehead atoms. The van der Waals surface area contributed by atoms with Gasteiger partial charge in [0.05, 0.1) is 12.3 Å². The van der Waals surface area contributed by atoms with Crippen LogP contribution < -0.4 is 4.74 Å². The van der Waals surface area contributed by atoms with Gasteiger partial charge in [-0.05, 0) is 37.9 Å². The smallest absolute Gasteiger partial charge is 0.406 e. The van der Waals surface area contributed by atoms with E-state index < -0.39 is 6.36 Å². The van der Waals surface area contributed by atoms with Gasteiger partial charge in [-0.1, -0.05) is 0 Å². The normalized spacial score (nSPS) is 12.3. The van der Waals surface area contributed by atoms with E-state index in [1.165, 1.54) is 24.3 Å². The Morgan fingerprint density at radius 3 is 2.54 bits per heavy atom. The number of nitrogens with zero attached hydrogens (tertiary/aromatic N) is 4. The van der Waals surface area contributed by atoms with Crippen molar-refractivity contribution in [1.82, 2.24) is 14.8 Å². The van der Waals surface area contributed by atoms with Crippen LogP contribution in [0.4, 0.5) is 13.2 Å². The fourth-order valence-corrected chi connectivity index (χ4v) is 2.01. The summed E-state index contributed by atoms with van der Waals surface area (Å²) in [4.78, 5) is 3.89. The Bertz CT molecular complexity index is 736. The fourth-order valence-electron chi connectivity index (χ4n) is 2.01. The lowest BCUT2D eigenvalue weighted by Crippen LogP contribution is -2.16. The lowest BCUT2D eigenvalue weighted by Gasteiger charge is -2.10. The molecule has 1 aromatic heterocycles. The Balaban J connectivity index is 2.31. The van der Waals surface area contributed by atoms with E-state index in [0.717, 1.165) is 0 Å². The van der Waals surface area contributed by atoms with E-state index in [1.807, 2.05) is 0 Å². The summed E-state index contributed by atoms with van der Waals surface area (Å²) in [7, 11) is 0. The first-order chi connectivity index (χ1) is 11.3. The van der Waals surface area contributed by atoms with Crippen LogP contribution in [0.25, 0.3) is 11.9 Å². The van der Waals surface area contributed by atoms with Crippen molar-refractivity contribution in [1.29, 1.82) is 0 Å². The highest BCUT2D eigenvalue weighted by atomic mass is 19.4. The maximum atomic E-state index is 12.2. The summed E-state index contributed by atoms with van der Waals surface area (Å²) >= 11 is 0. The predicted molar refractivity (Wildman–Crippen MR) is 82.4 cm³/mol. The molecule has 0 aliphatic heterocycles. The van der Waals surface area contributed by atoms with Gasteiger partial charge < -0.3 is 9.84 Å². The van der Waals surface area contributed by atoms with E-state index in [2.05, 4.69) is 26.6 Å². The summed E-state index contributed by atoms with van der Waals surface area (Å²) < 4.78 is 42.0. The number of benzene rings is 1. The van der Waals surface area contributed by atoms with Gasteiger partial charge in [-0.25, -0.2) is 0 Å². The van der Waals surface area contributed by atoms with Gasteiger partial charge in [-0.2, -0.15) is 0 Å². The van der Waals surface area contributed by atoms with Crippen LogP contribution in [0.1, 0.15) is 17.2 Å². The average molecular weight is 340 g/mol. The van der Waals surface area contributed by atoms with Gasteiger partial charge in [0.2, 0.25) is 0 Å². The number of aliphatic hydroxyl groups is 1. The SMILES string of the molecule is C=N/C(=C\n1c(C)nnc1CCO)c1ccc(OC(F)(F)F)cc1. The zero-order valence-electron chi connectivity index (χ0n) is 12.8. The van der Waals surface area contributed by atoms with Crippen molar-refractivity contribution < 1.29 is 23.0 Å². The van der Waals surface area contributed by atoms with Crippen LogP contribution in [0.15, 0.2) is 29.3 Å². The molecule has 6 nitrogen and oxygen atoms in total. The first-order valence-electron chi connectivity index (χ1n) is 6.90. The molecule has 24 heavy (non-hydrogen) atoms. The van der Waals surface area contributed by atoms with Crippen LogP contribution in [0, 0.1) is 6.92 Å². The summed E-state index contributed by atoms with van der Waals surface area (Å²) in [5, 5.41) is 16.9. The highest BCUT2D eigenvalue weighted by Crippen LogP contribution is 2.25. The molecular weight excluding hydrogens is 325 g/mol. The van der Waals surface area contributed by atoms with Gasteiger partial charge in [0.25, 0.3) is 0 Å². The molecule has 2 aromatic rings. The average Bonchev–Trinajstić information content (AvgIpc) is 2.85. The number of hydrogen-bond donors (Lipinski definition) is 1. The molecule has 1 N–H and O–H groups in total. The number of ether oxygens (including phenoxy) is 1. The number of aliphatic imine (C=N–C) groups is 1. The van der Waals surface area contributed by atoms with E-state index in [4.69, 9.17) is 5.11 Å². The quantitative estimate of drug-likeness (QED) is 0.821. The van der Waals surface area contributed by atoms with Crippen LogP contribution in [-0.2, 0) is 6.42 Å². The maximum absolute atomic E-state index is 12.2. The third kappa shape index (κ3) is 4.42. The van der Waals surface area contributed by atoms with E-state index in [-0.39, 0.29) is 12.4 Å². The number of halogens is 3. The van der Waals surface area contributed by atoms with Gasteiger partial charge in [0, 0.05) is 18.2 Å². The highest BCUT2D eigenvalue weighted by molar-refractivity contribution is 5.77. The molecule has 0 spiro atoms. The van der Waals surface area contributed by atoms with Gasteiger partial charge >= 0.3 is 6.36 Å². The second-order valence-electron chi connectivity index (χ2n) is 4.75. The first kappa shape index (κ1) is 17.7. The zero-order valence-corrected chi connectivity index (χ0v) is 12.8. The highest BCUT2D eigenvalue weighted by Gasteiger charge is 2.30. The van der Waals surface area contributed by atoms with Crippen molar-refractivity contribution in [2.75, 3.05) is 6.61 Å². The molecule has 0 saturated heterocycles. The molecule has 0 amide bonds. The Morgan fingerprint density at radius 2 is 2.00 bits per heavy atom. The molecule has 0 atom stereocenters. The van der Waals surface area contributed by atoms with Crippen LogP contribution in [0.3, 0.4) is 0 Å². The van der Waals surface area contributed by atoms with Crippen molar-refractivity contribution in [2.45, 2.75) is 19.7 Å². The second kappa shape index (κ2) is 7.26. The number of aryl methyl sites for hydroxylation is 1. The van der Waals surface area contributed by atoms with Crippen molar-refractivity contribution in [2.24, 2.45) is 4.99 Å². The molecule has 0 fully saturated rings. The lowest BCUT2D eigenvalue weighted by molar-refractivity contribution is -0.274. The topological polar surface area (TPSA) is 72.5 Å². The summed E-state index contributed by atoms with van der Waals surface area (Å²) in [6, 6.07) is 5.25. The van der Waals surface area contributed by atoms with Crippen molar-refractivity contribution in [3.63, 3.8) is 0 Å². The number of alkyl halides is 3. The van der Waals surface area contributed by atoms with E-state index >= 15 is 0 Å². The summed E-state index contributed by atoms with van der Waals surface area (Å²) in [6.07, 6.45) is -2.83. The number of rotatable bonds is 6. The first-order valence-corrected chi connectivity index (χ1v) is 6.90. The Hall–Kier alpha value is -2.68. The van der Waals surface area contributed by atoms with Crippen molar-refractivity contribution in [3.8, 4) is 5.75 Å². The van der Waals surface area contributed by atoms with Gasteiger partial charge in [-0.15, -0.1) is 23.4 Å². The molecule has 9 heteroatoms.